The first-order valence-corrected chi connectivity index (χ1v) is 6.55. The Morgan fingerprint density at radius 2 is 2.32 bits per heavy atom. The summed E-state index contributed by atoms with van der Waals surface area (Å²) in [5.41, 5.74) is 7.77. The Labute approximate surface area is 115 Å². The molecule has 0 aromatic carbocycles. The summed E-state index contributed by atoms with van der Waals surface area (Å²) >= 11 is 1.23. The molecule has 4 N–H and O–H groups in total. The van der Waals surface area contributed by atoms with E-state index in [4.69, 9.17) is 5.73 Å². The van der Waals surface area contributed by atoms with E-state index >= 15 is 0 Å². The van der Waals surface area contributed by atoms with Crippen LogP contribution in [0.2, 0.25) is 0 Å². The number of nitrogens with one attached hydrogen (secondary N) is 2. The number of amides is 1. The number of nitrogens with zero attached hydrogens (tertiary/aromatic N) is 2. The molecule has 19 heavy (non-hydrogen) atoms. The van der Waals surface area contributed by atoms with E-state index in [2.05, 4.69) is 20.6 Å². The number of thiazole rings is 1. The number of rotatable bonds is 4. The van der Waals surface area contributed by atoms with Crippen LogP contribution in [0.4, 0.5) is 10.9 Å². The molecule has 100 valence electrons. The largest absolute Gasteiger partial charge is 0.382 e. The first-order valence-electron chi connectivity index (χ1n) is 5.73. The number of aryl methyl sites for hydroxylation is 1. The van der Waals surface area contributed by atoms with Crippen molar-refractivity contribution in [2.75, 3.05) is 18.1 Å². The van der Waals surface area contributed by atoms with Crippen molar-refractivity contribution in [3.63, 3.8) is 0 Å². The van der Waals surface area contributed by atoms with E-state index in [9.17, 15) is 4.79 Å². The van der Waals surface area contributed by atoms with Gasteiger partial charge in [0.2, 0.25) is 0 Å². The maximum Gasteiger partial charge on any atom is 0.265 e. The Morgan fingerprint density at radius 3 is 2.95 bits per heavy atom. The van der Waals surface area contributed by atoms with Crippen molar-refractivity contribution in [3.8, 4) is 0 Å². The van der Waals surface area contributed by atoms with Crippen LogP contribution in [0.5, 0.6) is 0 Å². The van der Waals surface area contributed by atoms with Crippen LogP contribution >= 0.6 is 11.3 Å². The van der Waals surface area contributed by atoms with Crippen molar-refractivity contribution in [3.05, 3.63) is 34.5 Å². The van der Waals surface area contributed by atoms with Crippen LogP contribution in [0.25, 0.3) is 0 Å². The minimum atomic E-state index is -0.222. The SMILES string of the molecule is CNc1nc(N)c(C(=O)NCc2cnccc2C)s1. The minimum absolute atomic E-state index is 0.222. The van der Waals surface area contributed by atoms with Gasteiger partial charge in [0, 0.05) is 26.0 Å². The topological polar surface area (TPSA) is 92.9 Å². The highest BCUT2D eigenvalue weighted by Gasteiger charge is 2.15. The normalized spacial score (nSPS) is 10.2. The minimum Gasteiger partial charge on any atom is -0.382 e. The maximum absolute atomic E-state index is 12.0. The van der Waals surface area contributed by atoms with E-state index in [0.717, 1.165) is 11.1 Å². The Hall–Kier alpha value is -2.15. The van der Waals surface area contributed by atoms with Crippen LogP contribution in [-0.2, 0) is 6.54 Å². The summed E-state index contributed by atoms with van der Waals surface area (Å²) in [6, 6.07) is 1.90. The summed E-state index contributed by atoms with van der Waals surface area (Å²) in [6.07, 6.45) is 3.46. The van der Waals surface area contributed by atoms with Gasteiger partial charge in [-0.1, -0.05) is 11.3 Å². The van der Waals surface area contributed by atoms with E-state index < -0.39 is 0 Å². The van der Waals surface area contributed by atoms with E-state index in [1.165, 1.54) is 11.3 Å². The fourth-order valence-electron chi connectivity index (χ4n) is 1.54. The zero-order chi connectivity index (χ0) is 13.8. The molecule has 0 saturated heterocycles. The Balaban J connectivity index is 2.05. The second-order valence-corrected chi connectivity index (χ2v) is 4.97. The zero-order valence-electron chi connectivity index (χ0n) is 10.7. The molecule has 1 amide bonds. The molecule has 2 aromatic rings. The fraction of sp³-hybridized carbons (Fsp3) is 0.250. The van der Waals surface area contributed by atoms with Gasteiger partial charge >= 0.3 is 0 Å². The first kappa shape index (κ1) is 13.3. The van der Waals surface area contributed by atoms with Gasteiger partial charge in [-0.3, -0.25) is 9.78 Å². The lowest BCUT2D eigenvalue weighted by molar-refractivity contribution is 0.0955. The van der Waals surface area contributed by atoms with E-state index in [1.54, 1.807) is 19.4 Å². The number of nitrogens with two attached hydrogens (primary N) is 1. The second kappa shape index (κ2) is 5.66. The fourth-order valence-corrected chi connectivity index (χ4v) is 2.29. The van der Waals surface area contributed by atoms with Crippen molar-refractivity contribution in [1.82, 2.24) is 15.3 Å². The quantitative estimate of drug-likeness (QED) is 0.785. The number of anilines is 2. The van der Waals surface area contributed by atoms with Crippen molar-refractivity contribution < 1.29 is 4.79 Å². The first-order chi connectivity index (χ1) is 9.11. The molecule has 0 spiro atoms. The molecule has 2 heterocycles. The van der Waals surface area contributed by atoms with E-state index in [-0.39, 0.29) is 11.7 Å². The molecule has 0 aliphatic carbocycles. The Bertz CT molecular complexity index is 596. The van der Waals surface area contributed by atoms with Gasteiger partial charge in [-0.25, -0.2) is 4.98 Å². The summed E-state index contributed by atoms with van der Waals surface area (Å²) < 4.78 is 0. The Morgan fingerprint density at radius 1 is 1.53 bits per heavy atom. The molecule has 0 radical (unpaired) electrons. The standard InChI is InChI=1S/C12H15N5OS/c1-7-3-4-15-5-8(7)6-16-11(18)9-10(13)17-12(14-2)19-9/h3-5H,6,13H2,1-2H3,(H,14,17)(H,16,18). The smallest absolute Gasteiger partial charge is 0.265 e. The van der Waals surface area contributed by atoms with Gasteiger partial charge in [-0.2, -0.15) is 0 Å². The number of carbonyl (C=O) groups excluding carboxylic acids is 1. The lowest BCUT2D eigenvalue weighted by atomic mass is 10.1. The van der Waals surface area contributed by atoms with Gasteiger partial charge in [-0.15, -0.1) is 0 Å². The average molecular weight is 277 g/mol. The summed E-state index contributed by atoms with van der Waals surface area (Å²) in [6.45, 7) is 2.40. The molecule has 0 bridgehead atoms. The molecule has 0 atom stereocenters. The number of aromatic nitrogens is 2. The molecule has 0 fully saturated rings. The highest BCUT2D eigenvalue weighted by molar-refractivity contribution is 7.18. The van der Waals surface area contributed by atoms with Gasteiger partial charge in [0.15, 0.2) is 5.13 Å². The number of pyridine rings is 1. The number of nitrogen functional groups attached to an aromatic ring is 1. The molecule has 0 aliphatic rings. The third kappa shape index (κ3) is 3.00. The monoisotopic (exact) mass is 277 g/mol. The van der Waals surface area contributed by atoms with Crippen molar-refractivity contribution >= 4 is 28.2 Å². The van der Waals surface area contributed by atoms with Crippen LogP contribution < -0.4 is 16.4 Å². The molecule has 7 heteroatoms. The Kier molecular flexibility index (Phi) is 3.96. The van der Waals surface area contributed by atoms with E-state index in [1.807, 2.05) is 13.0 Å². The predicted octanol–water partition coefficient (Wildman–Crippen LogP) is 1.40. The third-order valence-corrected chi connectivity index (χ3v) is 3.75. The lowest BCUT2D eigenvalue weighted by Gasteiger charge is -2.06. The van der Waals surface area contributed by atoms with Crippen LogP contribution in [0.15, 0.2) is 18.5 Å². The van der Waals surface area contributed by atoms with Crippen LogP contribution in [-0.4, -0.2) is 22.9 Å². The molecule has 6 nitrogen and oxygen atoms in total. The molecule has 2 aromatic heterocycles. The van der Waals surface area contributed by atoms with Crippen molar-refractivity contribution in [2.45, 2.75) is 13.5 Å². The van der Waals surface area contributed by atoms with Crippen LogP contribution in [0, 0.1) is 6.92 Å². The summed E-state index contributed by atoms with van der Waals surface area (Å²) in [4.78, 5) is 20.5. The molecular formula is C12H15N5OS. The molecule has 2 rings (SSSR count). The molecular weight excluding hydrogens is 262 g/mol. The second-order valence-electron chi connectivity index (χ2n) is 3.97. The van der Waals surface area contributed by atoms with Crippen molar-refractivity contribution in [2.24, 2.45) is 0 Å². The predicted molar refractivity (Wildman–Crippen MR) is 76.2 cm³/mol. The number of hydrogen-bond donors (Lipinski definition) is 3. The zero-order valence-corrected chi connectivity index (χ0v) is 11.5. The average Bonchev–Trinajstić information content (AvgIpc) is 2.79. The summed E-state index contributed by atoms with van der Waals surface area (Å²) in [5.74, 6) is 0.0227. The van der Waals surface area contributed by atoms with Gasteiger partial charge in [-0.05, 0) is 24.1 Å². The van der Waals surface area contributed by atoms with Crippen molar-refractivity contribution in [1.29, 1.82) is 0 Å². The van der Waals surface area contributed by atoms with Gasteiger partial charge in [0.05, 0.1) is 0 Å². The maximum atomic E-state index is 12.0. The summed E-state index contributed by atoms with van der Waals surface area (Å²) in [5, 5.41) is 6.31. The third-order valence-electron chi connectivity index (χ3n) is 2.66. The number of hydrogen-bond acceptors (Lipinski definition) is 6. The number of carbonyl (C=O) groups is 1. The molecule has 0 aliphatic heterocycles. The lowest BCUT2D eigenvalue weighted by Crippen LogP contribution is -2.23. The molecule has 0 saturated carbocycles. The highest BCUT2D eigenvalue weighted by Crippen LogP contribution is 2.24. The van der Waals surface area contributed by atoms with E-state index in [0.29, 0.717) is 16.6 Å². The highest BCUT2D eigenvalue weighted by atomic mass is 32.1. The van der Waals surface area contributed by atoms with Crippen LogP contribution in [0.3, 0.4) is 0 Å². The van der Waals surface area contributed by atoms with Gasteiger partial charge in [0.25, 0.3) is 5.91 Å². The summed E-state index contributed by atoms with van der Waals surface area (Å²) in [7, 11) is 1.74. The molecule has 0 unspecified atom stereocenters. The van der Waals surface area contributed by atoms with Gasteiger partial charge < -0.3 is 16.4 Å². The van der Waals surface area contributed by atoms with Gasteiger partial charge in [0.1, 0.15) is 10.7 Å². The van der Waals surface area contributed by atoms with Crippen LogP contribution in [0.1, 0.15) is 20.8 Å².